The van der Waals surface area contributed by atoms with Crippen LogP contribution in [0.3, 0.4) is 0 Å². The highest BCUT2D eigenvalue weighted by Crippen LogP contribution is 2.19. The second kappa shape index (κ2) is 5.72. The fourth-order valence-corrected chi connectivity index (χ4v) is 2.07. The van der Waals surface area contributed by atoms with Crippen LogP contribution in [0.15, 0.2) is 0 Å². The molecule has 1 saturated heterocycles. The van der Waals surface area contributed by atoms with Crippen molar-refractivity contribution in [3.63, 3.8) is 0 Å². The highest BCUT2D eigenvalue weighted by molar-refractivity contribution is 5.96. The normalized spacial score (nSPS) is 26.8. The van der Waals surface area contributed by atoms with E-state index in [1.54, 1.807) is 11.8 Å². The van der Waals surface area contributed by atoms with Crippen molar-refractivity contribution in [1.82, 2.24) is 10.2 Å². The summed E-state index contributed by atoms with van der Waals surface area (Å²) in [6.07, 6.45) is 0. The van der Waals surface area contributed by atoms with Gasteiger partial charge in [0.2, 0.25) is 11.8 Å². The molecule has 0 aromatic carbocycles. The summed E-state index contributed by atoms with van der Waals surface area (Å²) in [5.41, 5.74) is 0. The maximum absolute atomic E-state index is 12.4. The molecule has 1 rings (SSSR count). The molecule has 0 saturated carbocycles. The molecule has 1 heterocycles. The van der Waals surface area contributed by atoms with E-state index in [0.29, 0.717) is 18.4 Å². The number of carbonyl (C=O) groups excluding carboxylic acids is 2. The summed E-state index contributed by atoms with van der Waals surface area (Å²) in [6, 6.07) is -0.721. The molecule has 2 amide bonds. The van der Waals surface area contributed by atoms with Gasteiger partial charge in [0.15, 0.2) is 0 Å². The largest absolute Gasteiger partial charge is 0.342 e. The van der Waals surface area contributed by atoms with Gasteiger partial charge in [-0.1, -0.05) is 34.6 Å². The summed E-state index contributed by atoms with van der Waals surface area (Å²) in [5.74, 6) is 1.06. The van der Waals surface area contributed by atoms with E-state index in [0.717, 1.165) is 0 Å². The Morgan fingerprint density at radius 2 is 1.72 bits per heavy atom. The summed E-state index contributed by atoms with van der Waals surface area (Å²) < 4.78 is 0. The van der Waals surface area contributed by atoms with Crippen molar-refractivity contribution in [2.24, 2.45) is 17.8 Å². The highest BCUT2D eigenvalue weighted by Gasteiger charge is 2.39. The van der Waals surface area contributed by atoms with Gasteiger partial charge in [0.05, 0.1) is 0 Å². The third-order valence-corrected chi connectivity index (χ3v) is 3.98. The Hall–Kier alpha value is -1.06. The minimum atomic E-state index is -0.368. The molecule has 18 heavy (non-hydrogen) atoms. The van der Waals surface area contributed by atoms with Crippen molar-refractivity contribution in [2.45, 2.75) is 53.6 Å². The molecule has 1 aliphatic heterocycles. The summed E-state index contributed by atoms with van der Waals surface area (Å²) in [7, 11) is 0. The molecular formula is C14H26N2O2. The Morgan fingerprint density at radius 1 is 1.17 bits per heavy atom. The van der Waals surface area contributed by atoms with Crippen molar-refractivity contribution in [1.29, 1.82) is 0 Å². The summed E-state index contributed by atoms with van der Waals surface area (Å²) in [5, 5.41) is 2.82. The fourth-order valence-electron chi connectivity index (χ4n) is 2.07. The van der Waals surface area contributed by atoms with Crippen molar-refractivity contribution in [3.05, 3.63) is 0 Å². The van der Waals surface area contributed by atoms with Crippen LogP contribution in [0.25, 0.3) is 0 Å². The lowest BCUT2D eigenvalue weighted by molar-refractivity contribution is -0.150. The van der Waals surface area contributed by atoms with E-state index in [2.05, 4.69) is 26.1 Å². The van der Waals surface area contributed by atoms with Crippen molar-refractivity contribution in [3.8, 4) is 0 Å². The van der Waals surface area contributed by atoms with Gasteiger partial charge >= 0.3 is 0 Å². The number of nitrogens with one attached hydrogen (secondary N) is 1. The minimum absolute atomic E-state index is 0.0377. The van der Waals surface area contributed by atoms with Crippen LogP contribution in [-0.2, 0) is 9.59 Å². The summed E-state index contributed by atoms with van der Waals surface area (Å²) in [4.78, 5) is 26.0. The zero-order chi connectivity index (χ0) is 14.0. The predicted octanol–water partition coefficient (Wildman–Crippen LogP) is 1.65. The molecule has 0 radical (unpaired) electrons. The number of nitrogens with zero attached hydrogens (tertiary/aromatic N) is 1. The molecule has 0 spiro atoms. The van der Waals surface area contributed by atoms with E-state index < -0.39 is 0 Å². The van der Waals surface area contributed by atoms with E-state index in [4.69, 9.17) is 0 Å². The summed E-state index contributed by atoms with van der Waals surface area (Å²) >= 11 is 0. The zero-order valence-electron chi connectivity index (χ0n) is 12.4. The molecule has 1 fully saturated rings. The van der Waals surface area contributed by atoms with Gasteiger partial charge in [0.25, 0.3) is 0 Å². The van der Waals surface area contributed by atoms with Gasteiger partial charge in [-0.2, -0.15) is 0 Å². The number of rotatable bonds is 4. The van der Waals surface area contributed by atoms with Gasteiger partial charge in [0, 0.05) is 6.54 Å². The van der Waals surface area contributed by atoms with E-state index in [1.807, 2.05) is 13.8 Å². The van der Waals surface area contributed by atoms with Gasteiger partial charge in [-0.3, -0.25) is 9.59 Å². The molecule has 1 aliphatic rings. The first-order chi connectivity index (χ1) is 8.25. The quantitative estimate of drug-likeness (QED) is 0.829. The third-order valence-electron chi connectivity index (χ3n) is 3.98. The topological polar surface area (TPSA) is 49.4 Å². The standard InChI is InChI=1S/C14H26N2O2/c1-8(2)10(5)7-16-11(6)13(17)15-12(9(3)4)14(16)18/h8-12H,7H2,1-6H3,(H,15,17). The molecule has 3 atom stereocenters. The van der Waals surface area contributed by atoms with Crippen LogP contribution in [0.5, 0.6) is 0 Å². The molecule has 0 aliphatic carbocycles. The lowest BCUT2D eigenvalue weighted by Gasteiger charge is -2.40. The Morgan fingerprint density at radius 3 is 2.17 bits per heavy atom. The van der Waals surface area contributed by atoms with E-state index in [1.165, 1.54) is 0 Å². The van der Waals surface area contributed by atoms with E-state index >= 15 is 0 Å². The molecule has 0 aromatic heterocycles. The van der Waals surface area contributed by atoms with Gasteiger partial charge in [-0.25, -0.2) is 0 Å². The minimum Gasteiger partial charge on any atom is -0.342 e. The third kappa shape index (κ3) is 3.03. The summed E-state index contributed by atoms with van der Waals surface area (Å²) in [6.45, 7) is 12.8. The number of hydrogen-bond donors (Lipinski definition) is 1. The Labute approximate surface area is 110 Å². The van der Waals surface area contributed by atoms with Crippen LogP contribution >= 0.6 is 0 Å². The molecule has 104 valence electrons. The van der Waals surface area contributed by atoms with Crippen LogP contribution in [0.4, 0.5) is 0 Å². The number of amides is 2. The van der Waals surface area contributed by atoms with Crippen molar-refractivity contribution < 1.29 is 9.59 Å². The van der Waals surface area contributed by atoms with E-state index in [-0.39, 0.29) is 29.8 Å². The van der Waals surface area contributed by atoms with Crippen LogP contribution < -0.4 is 5.32 Å². The van der Waals surface area contributed by atoms with Gasteiger partial charge in [-0.05, 0) is 24.7 Å². The van der Waals surface area contributed by atoms with Crippen molar-refractivity contribution >= 4 is 11.8 Å². The van der Waals surface area contributed by atoms with E-state index in [9.17, 15) is 9.59 Å². The zero-order valence-corrected chi connectivity index (χ0v) is 12.4. The molecule has 1 N–H and O–H groups in total. The fraction of sp³-hybridized carbons (Fsp3) is 0.857. The number of piperazine rings is 1. The second-order valence-electron chi connectivity index (χ2n) is 6.12. The lowest BCUT2D eigenvalue weighted by atomic mass is 9.93. The maximum Gasteiger partial charge on any atom is 0.246 e. The Bertz CT molecular complexity index is 326. The number of carbonyl (C=O) groups is 2. The monoisotopic (exact) mass is 254 g/mol. The molecule has 4 heteroatoms. The SMILES string of the molecule is CC(C)C(C)CN1C(=O)C(C(C)C)NC(=O)C1C. The van der Waals surface area contributed by atoms with Crippen LogP contribution in [0, 0.1) is 17.8 Å². The average Bonchev–Trinajstić information content (AvgIpc) is 2.28. The van der Waals surface area contributed by atoms with Crippen molar-refractivity contribution in [2.75, 3.05) is 6.54 Å². The molecular weight excluding hydrogens is 228 g/mol. The van der Waals surface area contributed by atoms with Gasteiger partial charge in [0.1, 0.15) is 12.1 Å². The maximum atomic E-state index is 12.4. The highest BCUT2D eigenvalue weighted by atomic mass is 16.2. The van der Waals surface area contributed by atoms with Crippen LogP contribution in [0.1, 0.15) is 41.5 Å². The first kappa shape index (κ1) is 15.0. The second-order valence-corrected chi connectivity index (χ2v) is 6.12. The van der Waals surface area contributed by atoms with Gasteiger partial charge in [-0.15, -0.1) is 0 Å². The molecule has 4 nitrogen and oxygen atoms in total. The van der Waals surface area contributed by atoms with Crippen LogP contribution in [0.2, 0.25) is 0 Å². The molecule has 0 bridgehead atoms. The van der Waals surface area contributed by atoms with Crippen LogP contribution in [-0.4, -0.2) is 35.3 Å². The molecule has 3 unspecified atom stereocenters. The first-order valence-electron chi connectivity index (χ1n) is 6.86. The average molecular weight is 254 g/mol. The Balaban J connectivity index is 2.85. The first-order valence-corrected chi connectivity index (χ1v) is 6.86. The smallest absolute Gasteiger partial charge is 0.246 e. The lowest BCUT2D eigenvalue weighted by Crippen LogP contribution is -2.64. The van der Waals surface area contributed by atoms with Gasteiger partial charge < -0.3 is 10.2 Å². The number of hydrogen-bond acceptors (Lipinski definition) is 2. The predicted molar refractivity (Wildman–Crippen MR) is 71.9 cm³/mol. The molecule has 0 aromatic rings. The Kier molecular flexibility index (Phi) is 4.77.